The molecule has 0 radical (unpaired) electrons. The van der Waals surface area contributed by atoms with Gasteiger partial charge in [0.25, 0.3) is 0 Å². The monoisotopic (exact) mass is 470 g/mol. The van der Waals surface area contributed by atoms with Crippen molar-refractivity contribution in [2.75, 3.05) is 6.61 Å². The van der Waals surface area contributed by atoms with Crippen molar-refractivity contribution in [3.05, 3.63) is 127 Å². The molecule has 0 atom stereocenters. The molecule has 4 rings (SSSR count). The van der Waals surface area contributed by atoms with E-state index in [2.05, 4.69) is 121 Å². The Morgan fingerprint density at radius 1 is 0.515 bits per heavy atom. The molecule has 0 saturated carbocycles. The van der Waals surface area contributed by atoms with Crippen LogP contribution < -0.4 is 15.9 Å². The maximum atomic E-state index is 9.75. The molecule has 0 bridgehead atoms. The first-order valence-electron chi connectivity index (χ1n) is 10.5. The van der Waals surface area contributed by atoms with Gasteiger partial charge in [0.05, 0.1) is 6.61 Å². The van der Waals surface area contributed by atoms with Crippen molar-refractivity contribution >= 4 is 30.7 Å². The summed E-state index contributed by atoms with van der Waals surface area (Å²) in [4.78, 5) is 0. The maximum Gasteiger partial charge on any atom is 0.673 e. The van der Waals surface area contributed by atoms with Gasteiger partial charge in [-0.1, -0.05) is 84.9 Å². The van der Waals surface area contributed by atoms with E-state index in [-0.39, 0.29) is 0 Å². The van der Waals surface area contributed by atoms with Crippen molar-refractivity contribution in [2.24, 2.45) is 0 Å². The van der Waals surface area contributed by atoms with Crippen molar-refractivity contribution in [2.45, 2.75) is 6.42 Å². The van der Waals surface area contributed by atoms with E-state index in [0.29, 0.717) is 6.61 Å². The predicted octanol–water partition coefficient (Wildman–Crippen LogP) is 6.45. The smallest absolute Gasteiger partial charge is 0.418 e. The summed E-state index contributed by atoms with van der Waals surface area (Å²) in [7, 11) is -8.19. The summed E-state index contributed by atoms with van der Waals surface area (Å²) in [6.07, 6.45) is 0.898. The lowest BCUT2D eigenvalue weighted by atomic mass is 10.2. The third-order valence-corrected chi connectivity index (χ3v) is 8.52. The predicted molar refractivity (Wildman–Crippen MR) is 131 cm³/mol. The van der Waals surface area contributed by atoms with Crippen LogP contribution in [0.2, 0.25) is 0 Å². The molecule has 4 aromatic carbocycles. The van der Waals surface area contributed by atoms with E-state index >= 15 is 0 Å². The lowest BCUT2D eigenvalue weighted by molar-refractivity contribution is 0.359. The topological polar surface area (TPSA) is 9.23 Å². The fraction of sp³-hybridized carbons (Fsp3) is 0.0769. The first-order valence-corrected chi connectivity index (χ1v) is 12.2. The normalized spacial score (nSPS) is 11.4. The Bertz CT molecular complexity index is 976. The second-order valence-electron chi connectivity index (χ2n) is 7.18. The van der Waals surface area contributed by atoms with Crippen LogP contribution in [0.15, 0.2) is 121 Å². The van der Waals surface area contributed by atoms with Gasteiger partial charge in [-0.3, -0.25) is 0 Å². The molecule has 0 aliphatic carbocycles. The Kier molecular flexibility index (Phi) is 8.82. The van der Waals surface area contributed by atoms with E-state index in [9.17, 15) is 17.3 Å². The van der Waals surface area contributed by atoms with Gasteiger partial charge in [-0.25, -0.2) is 4.52 Å². The molecule has 33 heavy (non-hydrogen) atoms. The Morgan fingerprint density at radius 3 is 1.15 bits per heavy atom. The quantitative estimate of drug-likeness (QED) is 0.171. The molecular formula is C26H24BF4OP. The third kappa shape index (κ3) is 7.28. The first-order chi connectivity index (χ1) is 15.9. The molecular weight excluding hydrogens is 446 g/mol. The lowest BCUT2D eigenvalue weighted by Gasteiger charge is -2.25. The Hall–Kier alpha value is -2.95. The minimum atomic E-state index is -6.00. The van der Waals surface area contributed by atoms with Gasteiger partial charge in [-0.05, 0) is 42.0 Å². The molecule has 0 amide bonds. The minimum absolute atomic E-state index is 0.677. The van der Waals surface area contributed by atoms with Gasteiger partial charge in [-0.2, -0.15) is 0 Å². The summed E-state index contributed by atoms with van der Waals surface area (Å²) in [5.41, 5.74) is 1.30. The molecule has 0 unspecified atom stereocenters. The summed E-state index contributed by atoms with van der Waals surface area (Å²) in [5, 5.41) is 3.75. The summed E-state index contributed by atoms with van der Waals surface area (Å²) in [6, 6.07) is 42.6. The molecule has 7 heteroatoms. The van der Waals surface area contributed by atoms with Gasteiger partial charge in [-0.15, -0.1) is 0 Å². The Labute approximate surface area is 192 Å². The van der Waals surface area contributed by atoms with Crippen LogP contribution >= 0.6 is 7.49 Å². The summed E-state index contributed by atoms with van der Waals surface area (Å²) in [5.74, 6) is 0. The largest absolute Gasteiger partial charge is 0.673 e. The summed E-state index contributed by atoms with van der Waals surface area (Å²) in [6.45, 7) is 0.677. The van der Waals surface area contributed by atoms with Crippen LogP contribution in [0.4, 0.5) is 17.3 Å². The zero-order valence-electron chi connectivity index (χ0n) is 17.9. The van der Waals surface area contributed by atoms with Crippen LogP contribution in [-0.4, -0.2) is 13.9 Å². The van der Waals surface area contributed by atoms with E-state index in [1.807, 2.05) is 0 Å². The van der Waals surface area contributed by atoms with Crippen molar-refractivity contribution in [1.29, 1.82) is 0 Å². The van der Waals surface area contributed by atoms with Gasteiger partial charge in [0.2, 0.25) is 7.49 Å². The molecule has 1 nitrogen and oxygen atoms in total. The molecule has 4 aromatic rings. The molecule has 0 aromatic heterocycles. The highest BCUT2D eigenvalue weighted by Crippen LogP contribution is 2.56. The highest BCUT2D eigenvalue weighted by Gasteiger charge is 2.47. The zero-order valence-corrected chi connectivity index (χ0v) is 18.8. The fourth-order valence-corrected chi connectivity index (χ4v) is 7.01. The lowest BCUT2D eigenvalue weighted by Crippen LogP contribution is -2.33. The zero-order chi connectivity index (χ0) is 23.6. The van der Waals surface area contributed by atoms with Gasteiger partial charge in [0.15, 0.2) is 0 Å². The van der Waals surface area contributed by atoms with Crippen LogP contribution in [0.5, 0.6) is 0 Å². The number of rotatable bonds is 7. The van der Waals surface area contributed by atoms with Crippen LogP contribution in [0.1, 0.15) is 5.56 Å². The van der Waals surface area contributed by atoms with Crippen molar-refractivity contribution in [1.82, 2.24) is 0 Å². The first kappa shape index (κ1) is 24.7. The van der Waals surface area contributed by atoms with E-state index in [0.717, 1.165) is 6.42 Å². The Balaban J connectivity index is 0.000000555. The second-order valence-corrected chi connectivity index (χ2v) is 10.2. The average Bonchev–Trinajstić information content (AvgIpc) is 2.83. The molecule has 0 aliphatic heterocycles. The molecule has 0 spiro atoms. The highest BCUT2D eigenvalue weighted by atomic mass is 31.2. The average molecular weight is 470 g/mol. The standard InChI is InChI=1S/C26H24OP.BF4/c1-5-13-23(14-6-1)21-22-27-28(24-15-7-2-8-16-24,25-17-9-3-10-18-25)26-19-11-4-12-20-26;2-1(3,4)5/h1-20H,21-22H2;/q+1;-1. The van der Waals surface area contributed by atoms with Gasteiger partial charge >= 0.3 is 7.25 Å². The van der Waals surface area contributed by atoms with Crippen LogP contribution in [0.25, 0.3) is 0 Å². The molecule has 170 valence electrons. The second kappa shape index (κ2) is 11.8. The van der Waals surface area contributed by atoms with E-state index in [1.165, 1.54) is 21.5 Å². The fourth-order valence-electron chi connectivity index (χ4n) is 3.53. The third-order valence-electron chi connectivity index (χ3n) is 4.88. The van der Waals surface area contributed by atoms with Gasteiger partial charge < -0.3 is 17.3 Å². The van der Waals surface area contributed by atoms with E-state index in [1.54, 1.807) is 0 Å². The van der Waals surface area contributed by atoms with Crippen LogP contribution in [0, 0.1) is 0 Å². The SMILES string of the molecule is F[B-](F)(F)F.c1ccc(CCO[P+](c2ccccc2)(c2ccccc2)c2ccccc2)cc1. The molecule has 0 fully saturated rings. The van der Waals surface area contributed by atoms with Gasteiger partial charge in [0, 0.05) is 6.42 Å². The Morgan fingerprint density at radius 2 is 0.818 bits per heavy atom. The van der Waals surface area contributed by atoms with Crippen LogP contribution in [0.3, 0.4) is 0 Å². The minimum Gasteiger partial charge on any atom is -0.418 e. The summed E-state index contributed by atoms with van der Waals surface area (Å²) < 4.78 is 45.9. The molecule has 0 N–H and O–H groups in total. The molecule has 0 aliphatic rings. The maximum absolute atomic E-state index is 9.75. The number of benzene rings is 4. The van der Waals surface area contributed by atoms with E-state index in [4.69, 9.17) is 4.52 Å². The van der Waals surface area contributed by atoms with Crippen molar-refractivity contribution < 1.29 is 21.8 Å². The highest BCUT2D eigenvalue weighted by molar-refractivity contribution is 7.91. The van der Waals surface area contributed by atoms with Crippen LogP contribution in [-0.2, 0) is 10.9 Å². The number of hydrogen-bond acceptors (Lipinski definition) is 1. The summed E-state index contributed by atoms with van der Waals surface area (Å²) >= 11 is 0. The molecule has 0 saturated heterocycles. The van der Waals surface area contributed by atoms with E-state index < -0.39 is 14.7 Å². The number of halogens is 4. The van der Waals surface area contributed by atoms with Crippen molar-refractivity contribution in [3.63, 3.8) is 0 Å². The molecule has 0 heterocycles. The van der Waals surface area contributed by atoms with Crippen molar-refractivity contribution in [3.8, 4) is 0 Å². The van der Waals surface area contributed by atoms with Gasteiger partial charge in [0.1, 0.15) is 15.9 Å². The number of hydrogen-bond donors (Lipinski definition) is 0.